The molecule has 3 heteroatoms. The van der Waals surface area contributed by atoms with Gasteiger partial charge in [0.2, 0.25) is 5.91 Å². The Kier molecular flexibility index (Phi) is 3.79. The highest BCUT2D eigenvalue weighted by atomic mass is 16.2. The first-order valence-electron chi connectivity index (χ1n) is 7.77. The minimum absolute atomic E-state index is 0.0685. The summed E-state index contributed by atoms with van der Waals surface area (Å²) in [5.41, 5.74) is 2.50. The van der Waals surface area contributed by atoms with Gasteiger partial charge in [0.25, 0.3) is 0 Å². The van der Waals surface area contributed by atoms with Gasteiger partial charge >= 0.3 is 0 Å². The molecule has 1 saturated carbocycles. The summed E-state index contributed by atoms with van der Waals surface area (Å²) in [6.07, 6.45) is 4.92. The van der Waals surface area contributed by atoms with Gasteiger partial charge in [-0.1, -0.05) is 44.0 Å². The summed E-state index contributed by atoms with van der Waals surface area (Å²) >= 11 is 0. The van der Waals surface area contributed by atoms with Crippen molar-refractivity contribution in [3.63, 3.8) is 0 Å². The van der Waals surface area contributed by atoms with Crippen LogP contribution in [0.5, 0.6) is 0 Å². The van der Waals surface area contributed by atoms with Gasteiger partial charge in [0.05, 0.1) is 6.54 Å². The van der Waals surface area contributed by atoms with Gasteiger partial charge in [-0.25, -0.2) is 0 Å². The van der Waals surface area contributed by atoms with E-state index < -0.39 is 0 Å². The van der Waals surface area contributed by atoms with Gasteiger partial charge in [0, 0.05) is 6.04 Å². The Balaban J connectivity index is 1.87. The molecule has 2 fully saturated rings. The molecule has 3 nitrogen and oxygen atoms in total. The summed E-state index contributed by atoms with van der Waals surface area (Å²) in [4.78, 5) is 14.5. The third-order valence-electron chi connectivity index (χ3n) is 4.80. The number of nitrogens with one attached hydrogen (secondary N) is 1. The van der Waals surface area contributed by atoms with E-state index in [1.165, 1.54) is 24.0 Å². The molecule has 0 aromatic heterocycles. The summed E-state index contributed by atoms with van der Waals surface area (Å²) in [7, 11) is 0. The minimum Gasteiger partial charge on any atom is -0.319 e. The first-order valence-corrected chi connectivity index (χ1v) is 7.77. The van der Waals surface area contributed by atoms with Crippen LogP contribution >= 0.6 is 0 Å². The van der Waals surface area contributed by atoms with E-state index in [0.717, 1.165) is 18.8 Å². The fraction of sp³-hybridized carbons (Fsp3) is 0.588. The van der Waals surface area contributed by atoms with Crippen LogP contribution in [-0.2, 0) is 4.79 Å². The molecule has 20 heavy (non-hydrogen) atoms. The van der Waals surface area contributed by atoms with E-state index in [9.17, 15) is 4.79 Å². The molecule has 1 N–H and O–H groups in total. The Morgan fingerprint density at radius 3 is 2.80 bits per heavy atom. The fourth-order valence-corrected chi connectivity index (χ4v) is 3.74. The lowest BCUT2D eigenvalue weighted by molar-refractivity contribution is -0.131. The van der Waals surface area contributed by atoms with Gasteiger partial charge in [-0.2, -0.15) is 0 Å². The normalized spacial score (nSPS) is 30.8. The lowest BCUT2D eigenvalue weighted by atomic mass is 9.85. The SMILES string of the molecule is Cc1ccccc1C1NCC(=O)N1C1CCCC(C)C1. The number of rotatable bonds is 2. The fourth-order valence-electron chi connectivity index (χ4n) is 3.74. The first-order chi connectivity index (χ1) is 9.66. The van der Waals surface area contributed by atoms with Gasteiger partial charge in [0.15, 0.2) is 0 Å². The van der Waals surface area contributed by atoms with Gasteiger partial charge in [-0.15, -0.1) is 0 Å². The first kappa shape index (κ1) is 13.6. The minimum atomic E-state index is 0.0685. The molecular weight excluding hydrogens is 248 g/mol. The Bertz CT molecular complexity index is 500. The Morgan fingerprint density at radius 2 is 2.05 bits per heavy atom. The molecule has 1 aliphatic heterocycles. The zero-order valence-electron chi connectivity index (χ0n) is 12.4. The number of hydrogen-bond acceptors (Lipinski definition) is 2. The van der Waals surface area contributed by atoms with E-state index in [2.05, 4.69) is 48.3 Å². The maximum atomic E-state index is 12.3. The summed E-state index contributed by atoms with van der Waals surface area (Å²) in [5.74, 6) is 0.997. The quantitative estimate of drug-likeness (QED) is 0.897. The summed E-state index contributed by atoms with van der Waals surface area (Å²) in [6, 6.07) is 8.80. The third-order valence-corrected chi connectivity index (χ3v) is 4.80. The van der Waals surface area contributed by atoms with Crippen molar-refractivity contribution in [1.82, 2.24) is 10.2 Å². The molecule has 1 aromatic rings. The van der Waals surface area contributed by atoms with Crippen LogP contribution in [0.1, 0.15) is 49.9 Å². The monoisotopic (exact) mass is 272 g/mol. The lowest BCUT2D eigenvalue weighted by Crippen LogP contribution is -2.42. The lowest BCUT2D eigenvalue weighted by Gasteiger charge is -2.37. The second-order valence-electron chi connectivity index (χ2n) is 6.37. The largest absolute Gasteiger partial charge is 0.319 e. The van der Waals surface area contributed by atoms with E-state index >= 15 is 0 Å². The zero-order chi connectivity index (χ0) is 14.1. The molecule has 1 saturated heterocycles. The molecule has 0 bridgehead atoms. The molecule has 1 amide bonds. The molecule has 2 aliphatic rings. The number of amides is 1. The van der Waals surface area contributed by atoms with Crippen molar-refractivity contribution in [2.45, 2.75) is 51.7 Å². The average Bonchev–Trinajstić information content (AvgIpc) is 2.81. The van der Waals surface area contributed by atoms with Gasteiger partial charge in [-0.05, 0) is 36.8 Å². The molecule has 3 unspecified atom stereocenters. The van der Waals surface area contributed by atoms with Crippen LogP contribution < -0.4 is 5.32 Å². The topological polar surface area (TPSA) is 32.3 Å². The number of carbonyl (C=O) groups excluding carboxylic acids is 1. The standard InChI is InChI=1S/C17H24N2O/c1-12-6-5-8-14(10-12)19-16(20)11-18-17(19)15-9-4-3-7-13(15)2/h3-4,7,9,12,14,17-18H,5-6,8,10-11H2,1-2H3. The van der Waals surface area contributed by atoms with Crippen molar-refractivity contribution in [2.24, 2.45) is 5.92 Å². The number of nitrogens with zero attached hydrogens (tertiary/aromatic N) is 1. The van der Waals surface area contributed by atoms with E-state index in [-0.39, 0.29) is 12.1 Å². The van der Waals surface area contributed by atoms with Crippen molar-refractivity contribution < 1.29 is 4.79 Å². The molecule has 0 radical (unpaired) electrons. The van der Waals surface area contributed by atoms with Crippen molar-refractivity contribution in [2.75, 3.05) is 6.54 Å². The highest BCUT2D eigenvalue weighted by Gasteiger charge is 2.38. The molecule has 0 spiro atoms. The van der Waals surface area contributed by atoms with Crippen LogP contribution in [0.4, 0.5) is 0 Å². The molecule has 1 aromatic carbocycles. The van der Waals surface area contributed by atoms with Gasteiger partial charge in [-0.3, -0.25) is 10.1 Å². The smallest absolute Gasteiger partial charge is 0.238 e. The highest BCUT2D eigenvalue weighted by molar-refractivity contribution is 5.81. The van der Waals surface area contributed by atoms with Crippen molar-refractivity contribution in [1.29, 1.82) is 0 Å². The van der Waals surface area contributed by atoms with Crippen LogP contribution in [0.2, 0.25) is 0 Å². The summed E-state index contributed by atoms with van der Waals surface area (Å²) in [6.45, 7) is 4.91. The van der Waals surface area contributed by atoms with E-state index in [4.69, 9.17) is 0 Å². The number of carbonyl (C=O) groups is 1. The van der Waals surface area contributed by atoms with E-state index in [1.54, 1.807) is 0 Å². The second kappa shape index (κ2) is 5.57. The van der Waals surface area contributed by atoms with Crippen LogP contribution in [0.3, 0.4) is 0 Å². The van der Waals surface area contributed by atoms with Gasteiger partial charge < -0.3 is 4.90 Å². The molecular formula is C17H24N2O. The second-order valence-corrected chi connectivity index (χ2v) is 6.37. The maximum Gasteiger partial charge on any atom is 0.238 e. The van der Waals surface area contributed by atoms with Gasteiger partial charge in [0.1, 0.15) is 6.17 Å². The zero-order valence-corrected chi connectivity index (χ0v) is 12.4. The Hall–Kier alpha value is -1.35. The number of hydrogen-bond donors (Lipinski definition) is 1. The van der Waals surface area contributed by atoms with Crippen molar-refractivity contribution >= 4 is 5.91 Å². The Labute approximate surface area is 121 Å². The summed E-state index contributed by atoms with van der Waals surface area (Å²) < 4.78 is 0. The molecule has 108 valence electrons. The van der Waals surface area contributed by atoms with Crippen molar-refractivity contribution in [3.8, 4) is 0 Å². The predicted molar refractivity (Wildman–Crippen MR) is 80.2 cm³/mol. The highest BCUT2D eigenvalue weighted by Crippen LogP contribution is 2.34. The van der Waals surface area contributed by atoms with Crippen molar-refractivity contribution in [3.05, 3.63) is 35.4 Å². The van der Waals surface area contributed by atoms with Crippen LogP contribution in [0.25, 0.3) is 0 Å². The van der Waals surface area contributed by atoms with Crippen LogP contribution in [-0.4, -0.2) is 23.4 Å². The maximum absolute atomic E-state index is 12.3. The van der Waals surface area contributed by atoms with Crippen LogP contribution in [0.15, 0.2) is 24.3 Å². The van der Waals surface area contributed by atoms with E-state index in [0.29, 0.717) is 12.6 Å². The molecule has 1 aliphatic carbocycles. The molecule has 3 rings (SSSR count). The molecule has 1 heterocycles. The van der Waals surface area contributed by atoms with E-state index in [1.807, 2.05) is 0 Å². The average molecular weight is 272 g/mol. The van der Waals surface area contributed by atoms with Crippen LogP contribution in [0, 0.1) is 12.8 Å². The Morgan fingerprint density at radius 1 is 1.25 bits per heavy atom. The third kappa shape index (κ3) is 2.47. The number of benzene rings is 1. The number of aryl methyl sites for hydroxylation is 1. The predicted octanol–water partition coefficient (Wildman–Crippen LogP) is 3.00. The summed E-state index contributed by atoms with van der Waals surface area (Å²) in [5, 5.41) is 3.40. The molecule has 3 atom stereocenters.